The maximum atomic E-state index is 11.3. The highest BCUT2D eigenvalue weighted by atomic mass is 16.2. The summed E-state index contributed by atoms with van der Waals surface area (Å²) in [7, 11) is 0. The van der Waals surface area contributed by atoms with Crippen LogP contribution in [0, 0.1) is 5.92 Å². The number of nitrogens with one attached hydrogen (secondary N) is 2. The van der Waals surface area contributed by atoms with Crippen molar-refractivity contribution in [3.05, 3.63) is 17.0 Å². The highest BCUT2D eigenvalue weighted by molar-refractivity contribution is 5.97. The number of H-pyrrole nitrogens is 1. The summed E-state index contributed by atoms with van der Waals surface area (Å²) < 4.78 is 0. The van der Waals surface area contributed by atoms with Crippen LogP contribution in [0.4, 0.5) is 0 Å². The molecule has 2 heterocycles. The Hall–Kier alpha value is -1.65. The maximum absolute atomic E-state index is 11.3. The Labute approximate surface area is 99.0 Å². The van der Waals surface area contributed by atoms with E-state index in [1.54, 1.807) is 0 Å². The van der Waals surface area contributed by atoms with Crippen LogP contribution < -0.4 is 5.32 Å². The van der Waals surface area contributed by atoms with E-state index in [0.717, 1.165) is 25.0 Å². The van der Waals surface area contributed by atoms with Gasteiger partial charge < -0.3 is 0 Å². The molecule has 5 heteroatoms. The van der Waals surface area contributed by atoms with Gasteiger partial charge >= 0.3 is 0 Å². The maximum Gasteiger partial charge on any atom is 0.226 e. The van der Waals surface area contributed by atoms with E-state index in [4.69, 9.17) is 0 Å². The van der Waals surface area contributed by atoms with E-state index >= 15 is 0 Å². The van der Waals surface area contributed by atoms with Gasteiger partial charge in [0.25, 0.3) is 0 Å². The third kappa shape index (κ3) is 1.97. The molecule has 0 bridgehead atoms. The molecule has 0 unspecified atom stereocenters. The van der Waals surface area contributed by atoms with Gasteiger partial charge in [0, 0.05) is 18.5 Å². The summed E-state index contributed by atoms with van der Waals surface area (Å²) in [5, 5.41) is 9.71. The molecule has 2 aliphatic rings. The standard InChI is InChI=1S/C12H15N3O2/c16-11-5-7(6-12(17)13-11)4-10-8-2-1-3-9(8)14-15-10/h7H,1-6H2,(H,14,15)(H,13,16,17). The Kier molecular flexibility index (Phi) is 2.46. The number of aryl methyl sites for hydroxylation is 1. The molecular formula is C12H15N3O2. The van der Waals surface area contributed by atoms with E-state index in [2.05, 4.69) is 15.5 Å². The van der Waals surface area contributed by atoms with Crippen molar-refractivity contribution in [3.63, 3.8) is 0 Å². The molecule has 5 nitrogen and oxygen atoms in total. The minimum atomic E-state index is -0.154. The number of amides is 2. The van der Waals surface area contributed by atoms with Crippen LogP contribution in [0.2, 0.25) is 0 Å². The smallest absolute Gasteiger partial charge is 0.226 e. The number of nitrogens with zero attached hydrogens (tertiary/aromatic N) is 1. The van der Waals surface area contributed by atoms with E-state index in [1.807, 2.05) is 0 Å². The highest BCUT2D eigenvalue weighted by Gasteiger charge is 2.27. The van der Waals surface area contributed by atoms with Crippen molar-refractivity contribution in [1.29, 1.82) is 0 Å². The van der Waals surface area contributed by atoms with E-state index in [-0.39, 0.29) is 17.7 Å². The average Bonchev–Trinajstić information content (AvgIpc) is 2.81. The van der Waals surface area contributed by atoms with Crippen LogP contribution in [0.25, 0.3) is 0 Å². The minimum absolute atomic E-state index is 0.115. The van der Waals surface area contributed by atoms with Gasteiger partial charge in [0.15, 0.2) is 0 Å². The van der Waals surface area contributed by atoms with Crippen molar-refractivity contribution in [1.82, 2.24) is 15.5 Å². The van der Waals surface area contributed by atoms with Crippen LogP contribution in [0.15, 0.2) is 0 Å². The van der Waals surface area contributed by atoms with Crippen LogP contribution in [0.5, 0.6) is 0 Å². The van der Waals surface area contributed by atoms with Crippen molar-refractivity contribution in [2.45, 2.75) is 38.5 Å². The Morgan fingerprint density at radius 1 is 1.18 bits per heavy atom. The fourth-order valence-electron chi connectivity index (χ4n) is 2.83. The molecule has 0 saturated carbocycles. The van der Waals surface area contributed by atoms with Crippen LogP contribution in [-0.4, -0.2) is 22.0 Å². The van der Waals surface area contributed by atoms with Gasteiger partial charge in [-0.2, -0.15) is 5.10 Å². The average molecular weight is 233 g/mol. The Bertz CT molecular complexity index is 462. The van der Waals surface area contributed by atoms with Gasteiger partial charge in [0.1, 0.15) is 0 Å². The summed E-state index contributed by atoms with van der Waals surface area (Å²) in [5.41, 5.74) is 3.63. The number of piperidine rings is 1. The molecule has 0 aromatic carbocycles. The van der Waals surface area contributed by atoms with Gasteiger partial charge in [0.05, 0.1) is 5.69 Å². The van der Waals surface area contributed by atoms with Gasteiger partial charge in [-0.3, -0.25) is 20.0 Å². The van der Waals surface area contributed by atoms with Gasteiger partial charge in [0.2, 0.25) is 11.8 Å². The molecule has 0 radical (unpaired) electrons. The van der Waals surface area contributed by atoms with Crippen molar-refractivity contribution in [2.75, 3.05) is 0 Å². The van der Waals surface area contributed by atoms with E-state index in [0.29, 0.717) is 12.8 Å². The molecule has 3 rings (SSSR count). The van der Waals surface area contributed by atoms with Gasteiger partial charge in [-0.05, 0) is 37.2 Å². The minimum Gasteiger partial charge on any atom is -0.296 e. The number of imide groups is 1. The Morgan fingerprint density at radius 2 is 1.94 bits per heavy atom. The molecule has 1 fully saturated rings. The third-order valence-corrected chi connectivity index (χ3v) is 3.60. The van der Waals surface area contributed by atoms with Gasteiger partial charge in [-0.25, -0.2) is 0 Å². The molecule has 1 aromatic heterocycles. The summed E-state index contributed by atoms with van der Waals surface area (Å²) in [6.07, 6.45) is 4.95. The number of carbonyl (C=O) groups excluding carboxylic acids is 2. The zero-order valence-electron chi connectivity index (χ0n) is 9.58. The first-order valence-electron chi connectivity index (χ1n) is 6.10. The quantitative estimate of drug-likeness (QED) is 0.730. The summed E-state index contributed by atoms with van der Waals surface area (Å²) in [6, 6.07) is 0. The van der Waals surface area contributed by atoms with Crippen molar-refractivity contribution in [2.24, 2.45) is 5.92 Å². The zero-order valence-corrected chi connectivity index (χ0v) is 9.58. The monoisotopic (exact) mass is 233 g/mol. The van der Waals surface area contributed by atoms with E-state index in [9.17, 15) is 9.59 Å². The molecule has 2 amide bonds. The van der Waals surface area contributed by atoms with Crippen molar-refractivity contribution in [3.8, 4) is 0 Å². The molecule has 1 aromatic rings. The summed E-state index contributed by atoms with van der Waals surface area (Å²) in [6.45, 7) is 0. The number of aromatic amines is 1. The Morgan fingerprint density at radius 3 is 2.71 bits per heavy atom. The predicted octanol–water partition coefficient (Wildman–Crippen LogP) is 0.494. The number of aromatic nitrogens is 2. The topological polar surface area (TPSA) is 74.8 Å². The first-order chi connectivity index (χ1) is 8.22. The molecule has 0 atom stereocenters. The molecule has 1 aliphatic heterocycles. The number of rotatable bonds is 2. The van der Waals surface area contributed by atoms with E-state index in [1.165, 1.54) is 17.7 Å². The molecular weight excluding hydrogens is 218 g/mol. The molecule has 90 valence electrons. The lowest BCUT2D eigenvalue weighted by atomic mass is 9.91. The van der Waals surface area contributed by atoms with E-state index < -0.39 is 0 Å². The first kappa shape index (κ1) is 10.5. The normalized spacial score (nSPS) is 20.5. The fraction of sp³-hybridized carbons (Fsp3) is 0.583. The summed E-state index contributed by atoms with van der Waals surface area (Å²) in [5.74, 6) is -0.193. The predicted molar refractivity (Wildman–Crippen MR) is 60.2 cm³/mol. The fourth-order valence-corrected chi connectivity index (χ4v) is 2.83. The number of fused-ring (bicyclic) bond motifs is 1. The van der Waals surface area contributed by atoms with Crippen molar-refractivity contribution >= 4 is 11.8 Å². The molecule has 1 saturated heterocycles. The second kappa shape index (κ2) is 3.98. The molecule has 1 aliphatic carbocycles. The Balaban J connectivity index is 1.74. The lowest BCUT2D eigenvalue weighted by molar-refractivity contribution is -0.134. The van der Waals surface area contributed by atoms with Gasteiger partial charge in [-0.15, -0.1) is 0 Å². The highest BCUT2D eigenvalue weighted by Crippen LogP contribution is 2.26. The largest absolute Gasteiger partial charge is 0.296 e. The van der Waals surface area contributed by atoms with Crippen molar-refractivity contribution < 1.29 is 9.59 Å². The van der Waals surface area contributed by atoms with Crippen LogP contribution in [0.1, 0.15) is 36.2 Å². The van der Waals surface area contributed by atoms with Crippen LogP contribution >= 0.6 is 0 Å². The third-order valence-electron chi connectivity index (χ3n) is 3.60. The molecule has 17 heavy (non-hydrogen) atoms. The van der Waals surface area contributed by atoms with Crippen LogP contribution in [-0.2, 0) is 28.9 Å². The lowest BCUT2D eigenvalue weighted by Crippen LogP contribution is -2.39. The molecule has 2 N–H and O–H groups in total. The number of carbonyl (C=O) groups is 2. The van der Waals surface area contributed by atoms with Gasteiger partial charge in [-0.1, -0.05) is 0 Å². The zero-order chi connectivity index (χ0) is 11.8. The summed E-state index contributed by atoms with van der Waals surface area (Å²) >= 11 is 0. The number of hydrogen-bond acceptors (Lipinski definition) is 3. The SMILES string of the molecule is O=C1CC(Cc2n[nH]c3c2CCC3)CC(=O)N1. The van der Waals surface area contributed by atoms with Crippen LogP contribution in [0.3, 0.4) is 0 Å². The number of hydrogen-bond donors (Lipinski definition) is 2. The molecule has 0 spiro atoms. The lowest BCUT2D eigenvalue weighted by Gasteiger charge is -2.20. The second-order valence-electron chi connectivity index (χ2n) is 4.93. The first-order valence-corrected chi connectivity index (χ1v) is 6.10. The summed E-state index contributed by atoms with van der Waals surface area (Å²) in [4.78, 5) is 22.6. The second-order valence-corrected chi connectivity index (χ2v) is 4.93.